The topological polar surface area (TPSA) is 34.1 Å². The Morgan fingerprint density at radius 2 is 1.76 bits per heavy atom. The van der Waals surface area contributed by atoms with E-state index in [9.17, 15) is 9.59 Å². The zero-order valence-corrected chi connectivity index (χ0v) is 11.7. The van der Waals surface area contributed by atoms with Crippen molar-refractivity contribution in [3.05, 3.63) is 0 Å². The van der Waals surface area contributed by atoms with Gasteiger partial charge in [0.1, 0.15) is 12.6 Å². The van der Waals surface area contributed by atoms with Crippen LogP contribution in [0.3, 0.4) is 0 Å². The van der Waals surface area contributed by atoms with E-state index in [2.05, 4.69) is 20.8 Å². The van der Waals surface area contributed by atoms with E-state index in [1.807, 2.05) is 0 Å². The predicted molar refractivity (Wildman–Crippen MR) is 72.0 cm³/mol. The average molecular weight is 240 g/mol. The van der Waals surface area contributed by atoms with Gasteiger partial charge in [-0.2, -0.15) is 0 Å². The summed E-state index contributed by atoms with van der Waals surface area (Å²) in [4.78, 5) is 21.9. The molecule has 0 saturated heterocycles. The maximum Gasteiger partial charge on any atom is 0.126 e. The van der Waals surface area contributed by atoms with Crippen molar-refractivity contribution in [2.75, 3.05) is 0 Å². The smallest absolute Gasteiger partial charge is 0.126 e. The minimum atomic E-state index is -0.0996. The third kappa shape index (κ3) is 5.99. The van der Waals surface area contributed by atoms with Crippen LogP contribution in [-0.4, -0.2) is 12.6 Å². The molecule has 0 radical (unpaired) electrons. The second-order valence-electron chi connectivity index (χ2n) is 5.13. The lowest BCUT2D eigenvalue weighted by Crippen LogP contribution is -2.21. The van der Waals surface area contributed by atoms with Crippen molar-refractivity contribution >= 4 is 12.6 Å². The molecule has 0 saturated carbocycles. The van der Waals surface area contributed by atoms with Gasteiger partial charge in [0.25, 0.3) is 0 Å². The Morgan fingerprint density at radius 3 is 2.18 bits per heavy atom. The van der Waals surface area contributed by atoms with Crippen LogP contribution < -0.4 is 0 Å². The summed E-state index contributed by atoms with van der Waals surface area (Å²) >= 11 is 0. The highest BCUT2D eigenvalue weighted by atomic mass is 16.1. The maximum atomic E-state index is 11.2. The molecule has 0 heterocycles. The molecule has 2 nitrogen and oxygen atoms in total. The predicted octanol–water partition coefficient (Wildman–Crippen LogP) is 4.17. The van der Waals surface area contributed by atoms with E-state index in [1.165, 1.54) is 0 Å². The Kier molecular flexibility index (Phi) is 9.01. The molecular formula is C15H28O2. The first-order valence-electron chi connectivity index (χ1n) is 7.09. The second-order valence-corrected chi connectivity index (χ2v) is 5.13. The van der Waals surface area contributed by atoms with Crippen molar-refractivity contribution in [2.45, 2.75) is 72.1 Å². The van der Waals surface area contributed by atoms with Crippen LogP contribution in [0.4, 0.5) is 0 Å². The number of unbranched alkanes of at least 4 members (excludes halogenated alkanes) is 1. The second kappa shape index (κ2) is 9.38. The van der Waals surface area contributed by atoms with E-state index in [-0.39, 0.29) is 11.3 Å². The molecule has 0 aromatic carbocycles. The molecule has 0 rings (SSSR count). The summed E-state index contributed by atoms with van der Waals surface area (Å²) in [5, 5.41) is 0. The zero-order valence-electron chi connectivity index (χ0n) is 11.7. The quantitative estimate of drug-likeness (QED) is 0.401. The van der Waals surface area contributed by atoms with Gasteiger partial charge in [-0.1, -0.05) is 40.0 Å². The monoisotopic (exact) mass is 240 g/mol. The summed E-state index contributed by atoms with van der Waals surface area (Å²) in [6, 6.07) is 0. The molecule has 0 spiro atoms. The van der Waals surface area contributed by atoms with Crippen LogP contribution in [0.1, 0.15) is 72.1 Å². The average Bonchev–Trinajstić information content (AvgIpc) is 2.37. The van der Waals surface area contributed by atoms with Crippen molar-refractivity contribution < 1.29 is 9.59 Å². The van der Waals surface area contributed by atoms with Gasteiger partial charge in [-0.05, 0) is 32.1 Å². The van der Waals surface area contributed by atoms with Gasteiger partial charge >= 0.3 is 0 Å². The molecule has 0 fully saturated rings. The van der Waals surface area contributed by atoms with Gasteiger partial charge in [-0.25, -0.2) is 0 Å². The lowest BCUT2D eigenvalue weighted by atomic mass is 9.77. The first kappa shape index (κ1) is 16.3. The van der Waals surface area contributed by atoms with Gasteiger partial charge in [0.05, 0.1) is 0 Å². The van der Waals surface area contributed by atoms with E-state index in [1.54, 1.807) is 0 Å². The van der Waals surface area contributed by atoms with Gasteiger partial charge in [0.2, 0.25) is 0 Å². The van der Waals surface area contributed by atoms with Crippen LogP contribution >= 0.6 is 0 Å². The summed E-state index contributed by atoms with van der Waals surface area (Å²) in [6.45, 7) is 6.29. The summed E-state index contributed by atoms with van der Waals surface area (Å²) < 4.78 is 0. The highest BCUT2D eigenvalue weighted by molar-refractivity contribution is 5.59. The van der Waals surface area contributed by atoms with E-state index in [4.69, 9.17) is 0 Å². The van der Waals surface area contributed by atoms with Gasteiger partial charge in [-0.15, -0.1) is 0 Å². The summed E-state index contributed by atoms with van der Waals surface area (Å²) in [5.41, 5.74) is -0.0996. The molecule has 2 atom stereocenters. The maximum absolute atomic E-state index is 11.2. The Balaban J connectivity index is 3.97. The molecule has 0 amide bonds. The molecule has 100 valence electrons. The number of carbonyl (C=O) groups excluding carboxylic acids is 2. The van der Waals surface area contributed by atoms with Crippen LogP contribution in [0.25, 0.3) is 0 Å². The van der Waals surface area contributed by atoms with Crippen molar-refractivity contribution in [1.29, 1.82) is 0 Å². The van der Waals surface area contributed by atoms with Crippen LogP contribution in [-0.2, 0) is 9.59 Å². The van der Waals surface area contributed by atoms with Gasteiger partial charge in [0.15, 0.2) is 0 Å². The van der Waals surface area contributed by atoms with Crippen LogP contribution in [0.5, 0.6) is 0 Å². The first-order chi connectivity index (χ1) is 8.17. The molecule has 0 aliphatic rings. The fourth-order valence-corrected chi connectivity index (χ4v) is 2.43. The van der Waals surface area contributed by atoms with Crippen LogP contribution in [0, 0.1) is 11.3 Å². The summed E-state index contributed by atoms with van der Waals surface area (Å²) in [7, 11) is 0. The summed E-state index contributed by atoms with van der Waals surface area (Å²) in [6.07, 6.45) is 10.3. The number of rotatable bonds is 11. The number of aldehydes is 2. The highest BCUT2D eigenvalue weighted by Gasteiger charge is 2.25. The standard InChI is InChI=1S/C15H28O2/c1-4-10-15(6-3,13-17)11-8-7-9-14(5-2)12-16/h12-14H,4-11H2,1-3H3. The Hall–Kier alpha value is -0.660. The molecule has 17 heavy (non-hydrogen) atoms. The molecule has 0 aliphatic carbocycles. The van der Waals surface area contributed by atoms with Gasteiger partial charge in [0, 0.05) is 11.3 Å². The number of hydrogen-bond acceptors (Lipinski definition) is 2. The van der Waals surface area contributed by atoms with Crippen molar-refractivity contribution in [2.24, 2.45) is 11.3 Å². The minimum absolute atomic E-state index is 0.0996. The fraction of sp³-hybridized carbons (Fsp3) is 0.867. The first-order valence-corrected chi connectivity index (χ1v) is 7.09. The molecule has 0 aromatic rings. The van der Waals surface area contributed by atoms with Crippen LogP contribution in [0.15, 0.2) is 0 Å². The highest BCUT2D eigenvalue weighted by Crippen LogP contribution is 2.32. The Labute approximate surface area is 106 Å². The van der Waals surface area contributed by atoms with Crippen molar-refractivity contribution in [3.63, 3.8) is 0 Å². The third-order valence-electron chi connectivity index (χ3n) is 3.92. The molecule has 0 N–H and O–H groups in total. The van der Waals surface area contributed by atoms with Crippen LogP contribution in [0.2, 0.25) is 0 Å². The molecule has 0 bridgehead atoms. The largest absolute Gasteiger partial charge is 0.303 e. The molecule has 0 aliphatic heterocycles. The Morgan fingerprint density at radius 1 is 1.06 bits per heavy atom. The number of carbonyl (C=O) groups is 2. The lowest BCUT2D eigenvalue weighted by molar-refractivity contribution is -0.117. The molecule has 2 heteroatoms. The van der Waals surface area contributed by atoms with E-state index in [0.29, 0.717) is 0 Å². The van der Waals surface area contributed by atoms with Crippen molar-refractivity contribution in [3.8, 4) is 0 Å². The van der Waals surface area contributed by atoms with Gasteiger partial charge in [-0.3, -0.25) is 0 Å². The van der Waals surface area contributed by atoms with E-state index >= 15 is 0 Å². The summed E-state index contributed by atoms with van der Waals surface area (Å²) in [5.74, 6) is 0.216. The van der Waals surface area contributed by atoms with E-state index < -0.39 is 0 Å². The fourth-order valence-electron chi connectivity index (χ4n) is 2.43. The minimum Gasteiger partial charge on any atom is -0.303 e. The normalized spacial score (nSPS) is 16.2. The van der Waals surface area contributed by atoms with Gasteiger partial charge < -0.3 is 9.59 Å². The lowest BCUT2D eigenvalue weighted by Gasteiger charge is -2.26. The van der Waals surface area contributed by atoms with Crippen molar-refractivity contribution in [1.82, 2.24) is 0 Å². The SMILES string of the molecule is CCCC(C=O)(CC)CCCCC(C=O)CC. The molecule has 2 unspecified atom stereocenters. The Bertz CT molecular complexity index is 213. The number of hydrogen-bond donors (Lipinski definition) is 0. The zero-order chi connectivity index (χ0) is 13.1. The molecular weight excluding hydrogens is 212 g/mol. The van der Waals surface area contributed by atoms with E-state index in [0.717, 1.165) is 63.9 Å². The third-order valence-corrected chi connectivity index (χ3v) is 3.92. The molecule has 0 aromatic heterocycles.